The van der Waals surface area contributed by atoms with Crippen LogP contribution < -0.4 is 19.5 Å². The maximum Gasteiger partial charge on any atom is 0.164 e. The molecular weight excluding hydrogens is 326 g/mol. The molecule has 140 valence electrons. The number of rotatable bonds is 5. The number of hydrogen-bond donors (Lipinski definition) is 1. The monoisotopic (exact) mass is 355 g/mol. The van der Waals surface area contributed by atoms with E-state index in [1.807, 2.05) is 13.0 Å². The maximum absolute atomic E-state index is 5.96. The first kappa shape index (κ1) is 18.6. The molecule has 4 nitrogen and oxygen atoms in total. The third-order valence-corrected chi connectivity index (χ3v) is 5.42. The van der Waals surface area contributed by atoms with Crippen molar-refractivity contribution in [1.82, 2.24) is 5.32 Å². The first-order valence-corrected chi connectivity index (χ1v) is 9.24. The molecule has 2 aromatic rings. The van der Waals surface area contributed by atoms with Crippen LogP contribution in [0.15, 0.2) is 18.2 Å². The van der Waals surface area contributed by atoms with Crippen LogP contribution in [0.4, 0.5) is 0 Å². The minimum atomic E-state index is 0.147. The van der Waals surface area contributed by atoms with Gasteiger partial charge in [-0.05, 0) is 74.1 Å². The molecule has 0 aliphatic carbocycles. The lowest BCUT2D eigenvalue weighted by Gasteiger charge is -2.32. The minimum absolute atomic E-state index is 0.147. The summed E-state index contributed by atoms with van der Waals surface area (Å²) in [6, 6.07) is 6.48. The van der Waals surface area contributed by atoms with E-state index in [0.717, 1.165) is 30.2 Å². The highest BCUT2D eigenvalue weighted by molar-refractivity contribution is 5.58. The highest BCUT2D eigenvalue weighted by atomic mass is 16.5. The van der Waals surface area contributed by atoms with Gasteiger partial charge in [-0.1, -0.05) is 6.07 Å². The first-order chi connectivity index (χ1) is 12.5. The molecule has 26 heavy (non-hydrogen) atoms. The SMILES string of the molecule is CCOc1c(OC)ccc2c1CCNC2c1c(C)cc(OC)c(C)c1C. The van der Waals surface area contributed by atoms with Crippen LogP contribution in [0.2, 0.25) is 0 Å². The van der Waals surface area contributed by atoms with Gasteiger partial charge in [0, 0.05) is 12.1 Å². The molecule has 1 heterocycles. The minimum Gasteiger partial charge on any atom is -0.496 e. The summed E-state index contributed by atoms with van der Waals surface area (Å²) in [4.78, 5) is 0. The number of aryl methyl sites for hydroxylation is 1. The predicted molar refractivity (Wildman–Crippen MR) is 105 cm³/mol. The zero-order valence-electron chi connectivity index (χ0n) is 16.7. The van der Waals surface area contributed by atoms with Gasteiger partial charge in [0.15, 0.2) is 11.5 Å². The Balaban J connectivity index is 2.17. The number of methoxy groups -OCH3 is 2. The van der Waals surface area contributed by atoms with E-state index in [1.165, 1.54) is 33.4 Å². The molecule has 1 N–H and O–H groups in total. The molecule has 4 heteroatoms. The first-order valence-electron chi connectivity index (χ1n) is 9.24. The van der Waals surface area contributed by atoms with E-state index in [9.17, 15) is 0 Å². The second-order valence-corrected chi connectivity index (χ2v) is 6.79. The van der Waals surface area contributed by atoms with Gasteiger partial charge < -0.3 is 19.5 Å². The van der Waals surface area contributed by atoms with Crippen molar-refractivity contribution in [3.05, 3.63) is 51.6 Å². The number of hydrogen-bond acceptors (Lipinski definition) is 4. The van der Waals surface area contributed by atoms with Gasteiger partial charge in [0.2, 0.25) is 0 Å². The lowest BCUT2D eigenvalue weighted by Crippen LogP contribution is -2.32. The predicted octanol–water partition coefficient (Wildman–Crippen LogP) is 4.26. The van der Waals surface area contributed by atoms with Crippen molar-refractivity contribution in [3.63, 3.8) is 0 Å². The van der Waals surface area contributed by atoms with Crippen molar-refractivity contribution in [1.29, 1.82) is 0 Å². The Morgan fingerprint density at radius 2 is 1.77 bits per heavy atom. The van der Waals surface area contributed by atoms with Crippen LogP contribution in [0.25, 0.3) is 0 Å². The number of ether oxygens (including phenoxy) is 3. The number of benzene rings is 2. The molecule has 0 aromatic heterocycles. The Hall–Kier alpha value is -2.20. The van der Waals surface area contributed by atoms with E-state index in [-0.39, 0.29) is 6.04 Å². The third-order valence-electron chi connectivity index (χ3n) is 5.42. The van der Waals surface area contributed by atoms with Gasteiger partial charge in [0.1, 0.15) is 5.75 Å². The lowest BCUT2D eigenvalue weighted by atomic mass is 9.84. The van der Waals surface area contributed by atoms with Crippen LogP contribution >= 0.6 is 0 Å². The van der Waals surface area contributed by atoms with Crippen LogP contribution in [0.1, 0.15) is 46.3 Å². The fraction of sp³-hybridized carbons (Fsp3) is 0.455. The summed E-state index contributed by atoms with van der Waals surface area (Å²) in [5.41, 5.74) is 7.57. The maximum atomic E-state index is 5.96. The fourth-order valence-electron chi connectivity index (χ4n) is 4.04. The van der Waals surface area contributed by atoms with Crippen molar-refractivity contribution < 1.29 is 14.2 Å². The molecule has 0 radical (unpaired) electrons. The smallest absolute Gasteiger partial charge is 0.164 e. The molecule has 1 aliphatic rings. The Kier molecular flexibility index (Phi) is 5.42. The molecule has 1 atom stereocenters. The van der Waals surface area contributed by atoms with Gasteiger partial charge in [-0.2, -0.15) is 0 Å². The van der Waals surface area contributed by atoms with Crippen LogP contribution in [0.3, 0.4) is 0 Å². The van der Waals surface area contributed by atoms with E-state index >= 15 is 0 Å². The summed E-state index contributed by atoms with van der Waals surface area (Å²) in [5, 5.41) is 3.71. The van der Waals surface area contributed by atoms with E-state index in [2.05, 4.69) is 38.2 Å². The molecular formula is C22H29NO3. The van der Waals surface area contributed by atoms with Gasteiger partial charge in [-0.25, -0.2) is 0 Å². The summed E-state index contributed by atoms with van der Waals surface area (Å²) in [6.07, 6.45) is 0.936. The second-order valence-electron chi connectivity index (χ2n) is 6.79. The van der Waals surface area contributed by atoms with Gasteiger partial charge in [-0.3, -0.25) is 0 Å². The zero-order chi connectivity index (χ0) is 18.8. The number of fused-ring (bicyclic) bond motifs is 1. The van der Waals surface area contributed by atoms with Gasteiger partial charge in [0.05, 0.1) is 26.9 Å². The average Bonchev–Trinajstić information content (AvgIpc) is 2.65. The highest BCUT2D eigenvalue weighted by Gasteiger charge is 2.28. The van der Waals surface area contributed by atoms with Crippen molar-refractivity contribution in [2.24, 2.45) is 0 Å². The molecule has 0 bridgehead atoms. The second kappa shape index (κ2) is 7.58. The fourth-order valence-corrected chi connectivity index (χ4v) is 4.04. The standard InChI is InChI=1S/C22H29NO3/c1-7-26-22-17-10-11-23-21(16(17)8-9-18(22)24-5)20-13(2)12-19(25-6)14(3)15(20)4/h8-9,12,21,23H,7,10-11H2,1-6H3. The zero-order valence-corrected chi connectivity index (χ0v) is 16.7. The van der Waals surface area contributed by atoms with Gasteiger partial charge in [0.25, 0.3) is 0 Å². The van der Waals surface area contributed by atoms with E-state index < -0.39 is 0 Å². The third kappa shape index (κ3) is 3.03. The van der Waals surface area contributed by atoms with Crippen molar-refractivity contribution >= 4 is 0 Å². The van der Waals surface area contributed by atoms with Crippen LogP contribution in [0, 0.1) is 20.8 Å². The van der Waals surface area contributed by atoms with Crippen LogP contribution in [-0.2, 0) is 6.42 Å². The Morgan fingerprint density at radius 3 is 2.42 bits per heavy atom. The molecule has 1 unspecified atom stereocenters. The topological polar surface area (TPSA) is 39.7 Å². The number of nitrogens with one attached hydrogen (secondary N) is 1. The van der Waals surface area contributed by atoms with Crippen molar-refractivity contribution in [2.75, 3.05) is 27.4 Å². The van der Waals surface area contributed by atoms with Crippen LogP contribution in [-0.4, -0.2) is 27.4 Å². The molecule has 3 rings (SSSR count). The quantitative estimate of drug-likeness (QED) is 0.870. The molecule has 0 saturated heterocycles. The van der Waals surface area contributed by atoms with Gasteiger partial charge in [-0.15, -0.1) is 0 Å². The van der Waals surface area contributed by atoms with E-state index in [0.29, 0.717) is 6.61 Å². The Labute approximate surface area is 156 Å². The molecule has 0 fully saturated rings. The Bertz CT molecular complexity index is 814. The molecule has 2 aromatic carbocycles. The largest absolute Gasteiger partial charge is 0.496 e. The average molecular weight is 355 g/mol. The van der Waals surface area contributed by atoms with Crippen LogP contribution in [0.5, 0.6) is 17.2 Å². The molecule has 0 spiro atoms. The summed E-state index contributed by atoms with van der Waals surface area (Å²) < 4.78 is 17.0. The van der Waals surface area contributed by atoms with Crippen molar-refractivity contribution in [3.8, 4) is 17.2 Å². The van der Waals surface area contributed by atoms with E-state index in [4.69, 9.17) is 14.2 Å². The molecule has 0 amide bonds. The Morgan fingerprint density at radius 1 is 1.04 bits per heavy atom. The normalized spacial score (nSPS) is 16.2. The molecule has 0 saturated carbocycles. The van der Waals surface area contributed by atoms with Gasteiger partial charge >= 0.3 is 0 Å². The lowest BCUT2D eigenvalue weighted by molar-refractivity contribution is 0.305. The summed E-state index contributed by atoms with van der Waals surface area (Å²) in [5.74, 6) is 2.65. The van der Waals surface area contributed by atoms with E-state index in [1.54, 1.807) is 14.2 Å². The highest BCUT2D eigenvalue weighted by Crippen LogP contribution is 2.42. The molecule has 1 aliphatic heterocycles. The summed E-state index contributed by atoms with van der Waals surface area (Å²) >= 11 is 0. The summed E-state index contributed by atoms with van der Waals surface area (Å²) in [6.45, 7) is 10.0. The summed E-state index contributed by atoms with van der Waals surface area (Å²) in [7, 11) is 3.43. The van der Waals surface area contributed by atoms with Crippen molar-refractivity contribution in [2.45, 2.75) is 40.2 Å².